The molecule has 0 unspecified atom stereocenters. The SMILES string of the molecule is C=NN(/C(C)=C(\C)C(=O)N[C@H]1CC[C@H](Oc2nn(C(F)F)cc2C(N)=O)CC1)c1ccc(C#N)cc1. The van der Waals surface area contributed by atoms with Gasteiger partial charge in [0.05, 0.1) is 17.3 Å². The molecule has 1 aliphatic rings. The zero-order valence-corrected chi connectivity index (χ0v) is 19.9. The summed E-state index contributed by atoms with van der Waals surface area (Å²) in [4.78, 5) is 24.4. The van der Waals surface area contributed by atoms with Crippen LogP contribution in [0.1, 0.15) is 62.0 Å². The van der Waals surface area contributed by atoms with Crippen molar-refractivity contribution in [3.05, 3.63) is 52.9 Å². The Morgan fingerprint density at radius 1 is 1.28 bits per heavy atom. The number of nitrogens with one attached hydrogen (secondary N) is 1. The van der Waals surface area contributed by atoms with Crippen LogP contribution in [0.25, 0.3) is 0 Å². The number of allylic oxidation sites excluding steroid dienone is 1. The summed E-state index contributed by atoms with van der Waals surface area (Å²) in [7, 11) is 0. The molecular weight excluding hydrogens is 472 g/mol. The molecule has 1 aromatic carbocycles. The number of aromatic nitrogens is 2. The summed E-state index contributed by atoms with van der Waals surface area (Å²) < 4.78 is 31.9. The highest BCUT2D eigenvalue weighted by atomic mass is 19.3. The number of ether oxygens (including phenoxy) is 1. The van der Waals surface area contributed by atoms with Crippen molar-refractivity contribution in [2.24, 2.45) is 10.8 Å². The number of hydrazone groups is 1. The summed E-state index contributed by atoms with van der Waals surface area (Å²) in [6.07, 6.45) is 2.74. The quantitative estimate of drug-likeness (QED) is 0.308. The predicted molar refractivity (Wildman–Crippen MR) is 128 cm³/mol. The van der Waals surface area contributed by atoms with Crippen molar-refractivity contribution in [2.75, 3.05) is 5.01 Å². The Kier molecular flexibility index (Phi) is 8.37. The molecule has 0 atom stereocenters. The molecule has 1 heterocycles. The molecule has 36 heavy (non-hydrogen) atoms. The van der Waals surface area contributed by atoms with Gasteiger partial charge in [-0.1, -0.05) is 0 Å². The Balaban J connectivity index is 1.60. The van der Waals surface area contributed by atoms with Crippen molar-refractivity contribution in [1.29, 1.82) is 5.26 Å². The van der Waals surface area contributed by atoms with E-state index in [9.17, 15) is 18.4 Å². The Morgan fingerprint density at radius 2 is 1.92 bits per heavy atom. The molecule has 1 fully saturated rings. The summed E-state index contributed by atoms with van der Waals surface area (Å²) >= 11 is 0. The lowest BCUT2D eigenvalue weighted by molar-refractivity contribution is -0.118. The van der Waals surface area contributed by atoms with Crippen molar-refractivity contribution in [2.45, 2.75) is 58.2 Å². The second-order valence-corrected chi connectivity index (χ2v) is 8.36. The Morgan fingerprint density at radius 3 is 2.44 bits per heavy atom. The first-order valence-electron chi connectivity index (χ1n) is 11.2. The Bertz CT molecular complexity index is 1190. The van der Waals surface area contributed by atoms with Crippen molar-refractivity contribution in [3.8, 4) is 11.9 Å². The van der Waals surface area contributed by atoms with E-state index in [1.807, 2.05) is 0 Å². The van der Waals surface area contributed by atoms with Gasteiger partial charge in [-0.15, -0.1) is 5.10 Å². The molecule has 1 aromatic heterocycles. The normalized spacial score (nSPS) is 18.1. The van der Waals surface area contributed by atoms with Crippen LogP contribution in [0.15, 0.2) is 46.8 Å². The Labute approximate surface area is 207 Å². The summed E-state index contributed by atoms with van der Waals surface area (Å²) in [6.45, 7) is 4.10. The van der Waals surface area contributed by atoms with Crippen molar-refractivity contribution in [1.82, 2.24) is 15.1 Å². The molecule has 0 aliphatic heterocycles. The van der Waals surface area contributed by atoms with E-state index in [2.05, 4.69) is 28.3 Å². The molecule has 3 N–H and O–H groups in total. The van der Waals surface area contributed by atoms with Crippen LogP contribution >= 0.6 is 0 Å². The first kappa shape index (κ1) is 26.3. The van der Waals surface area contributed by atoms with Crippen LogP contribution in [0.5, 0.6) is 5.88 Å². The summed E-state index contributed by atoms with van der Waals surface area (Å²) in [5.74, 6) is -1.38. The fourth-order valence-electron chi connectivity index (χ4n) is 3.89. The van der Waals surface area contributed by atoms with E-state index in [0.29, 0.717) is 52.9 Å². The lowest BCUT2D eigenvalue weighted by Crippen LogP contribution is -2.40. The maximum Gasteiger partial charge on any atom is 0.333 e. The van der Waals surface area contributed by atoms with Gasteiger partial charge in [-0.05, 0) is 63.8 Å². The minimum absolute atomic E-state index is 0.116. The second kappa shape index (κ2) is 11.4. The van der Waals surface area contributed by atoms with Crippen molar-refractivity contribution >= 4 is 24.2 Å². The maximum atomic E-state index is 12.9. The zero-order valence-electron chi connectivity index (χ0n) is 19.9. The Hall–Kier alpha value is -4.27. The van der Waals surface area contributed by atoms with E-state index in [4.69, 9.17) is 15.7 Å². The summed E-state index contributed by atoms with van der Waals surface area (Å²) in [5.41, 5.74) is 7.25. The van der Waals surface area contributed by atoms with Gasteiger partial charge in [0.2, 0.25) is 11.8 Å². The van der Waals surface area contributed by atoms with E-state index in [-0.39, 0.29) is 29.5 Å². The number of halogens is 2. The average molecular weight is 500 g/mol. The molecule has 1 saturated carbocycles. The van der Waals surface area contributed by atoms with Gasteiger partial charge in [0.15, 0.2) is 0 Å². The number of benzene rings is 1. The monoisotopic (exact) mass is 499 g/mol. The summed E-state index contributed by atoms with van der Waals surface area (Å²) in [5, 5.41) is 21.1. The lowest BCUT2D eigenvalue weighted by atomic mass is 9.92. The largest absolute Gasteiger partial charge is 0.473 e. The smallest absolute Gasteiger partial charge is 0.333 e. The second-order valence-electron chi connectivity index (χ2n) is 8.36. The molecule has 2 amide bonds. The molecule has 2 aromatic rings. The van der Waals surface area contributed by atoms with Gasteiger partial charge in [-0.3, -0.25) is 9.59 Å². The molecular formula is C24H27F2N7O3. The highest BCUT2D eigenvalue weighted by molar-refractivity contribution is 5.95. The zero-order chi connectivity index (χ0) is 26.4. The summed E-state index contributed by atoms with van der Waals surface area (Å²) in [6, 6.07) is 8.68. The van der Waals surface area contributed by atoms with E-state index in [1.165, 1.54) is 5.01 Å². The number of carbonyl (C=O) groups excluding carboxylic acids is 2. The third kappa shape index (κ3) is 6.04. The molecule has 0 saturated heterocycles. The fraction of sp³-hybridized carbons (Fsp3) is 0.375. The molecule has 10 nitrogen and oxygen atoms in total. The molecule has 1 aliphatic carbocycles. The van der Waals surface area contributed by atoms with Crippen LogP contribution in [0.3, 0.4) is 0 Å². The number of nitriles is 1. The van der Waals surface area contributed by atoms with Crippen LogP contribution in [0.4, 0.5) is 14.5 Å². The minimum Gasteiger partial charge on any atom is -0.473 e. The van der Waals surface area contributed by atoms with Crippen LogP contribution in [0.2, 0.25) is 0 Å². The predicted octanol–water partition coefficient (Wildman–Crippen LogP) is 3.47. The van der Waals surface area contributed by atoms with Gasteiger partial charge in [0, 0.05) is 30.2 Å². The number of primary amides is 1. The highest BCUT2D eigenvalue weighted by Crippen LogP contribution is 2.27. The van der Waals surface area contributed by atoms with Gasteiger partial charge >= 0.3 is 6.55 Å². The minimum atomic E-state index is -2.92. The standard InChI is InChI=1S/C24H27F2N7O3/c1-14(15(2)33(29-3)18-8-4-16(12-27)5-9-18)22(35)30-17-6-10-19(11-7-17)36-23-20(21(28)34)13-32(31-23)24(25)26/h4-5,8-9,13,17,19,24H,3,6-7,10-11H2,1-2H3,(H2,28,34)(H,30,35)/b15-14+/t17-,19-. The molecule has 3 rings (SSSR count). The first-order chi connectivity index (χ1) is 17.1. The highest BCUT2D eigenvalue weighted by Gasteiger charge is 2.27. The third-order valence-electron chi connectivity index (χ3n) is 6.03. The van der Waals surface area contributed by atoms with Gasteiger partial charge in [-0.2, -0.15) is 19.1 Å². The average Bonchev–Trinajstić information content (AvgIpc) is 3.30. The molecule has 12 heteroatoms. The topological polar surface area (TPSA) is 139 Å². The van der Waals surface area contributed by atoms with E-state index >= 15 is 0 Å². The van der Waals surface area contributed by atoms with Gasteiger partial charge < -0.3 is 15.8 Å². The molecule has 0 spiro atoms. The lowest BCUT2D eigenvalue weighted by Gasteiger charge is -2.29. The number of hydrogen-bond donors (Lipinski definition) is 2. The fourth-order valence-corrected chi connectivity index (χ4v) is 3.89. The number of anilines is 1. The van der Waals surface area contributed by atoms with Gasteiger partial charge in [0.25, 0.3) is 5.91 Å². The van der Waals surface area contributed by atoms with Crippen molar-refractivity contribution < 1.29 is 23.1 Å². The number of rotatable bonds is 9. The number of alkyl halides is 2. The number of amides is 2. The van der Waals surface area contributed by atoms with Crippen LogP contribution in [-0.4, -0.2) is 40.5 Å². The number of carbonyl (C=O) groups is 2. The van der Waals surface area contributed by atoms with Gasteiger partial charge in [-0.25, -0.2) is 9.69 Å². The number of nitrogens with two attached hydrogens (primary N) is 1. The number of hydrogen-bond acceptors (Lipinski definition) is 7. The first-order valence-corrected chi connectivity index (χ1v) is 11.2. The molecule has 0 radical (unpaired) electrons. The maximum absolute atomic E-state index is 12.9. The van der Waals surface area contributed by atoms with E-state index in [0.717, 1.165) is 6.20 Å². The molecule has 0 bridgehead atoms. The van der Waals surface area contributed by atoms with Gasteiger partial charge in [0.1, 0.15) is 11.7 Å². The van der Waals surface area contributed by atoms with Crippen LogP contribution in [-0.2, 0) is 4.79 Å². The van der Waals surface area contributed by atoms with E-state index < -0.39 is 12.5 Å². The van der Waals surface area contributed by atoms with Crippen LogP contribution in [0, 0.1) is 11.3 Å². The number of nitrogens with zero attached hydrogens (tertiary/aromatic N) is 5. The van der Waals surface area contributed by atoms with Crippen molar-refractivity contribution in [3.63, 3.8) is 0 Å². The van der Waals surface area contributed by atoms with E-state index in [1.54, 1.807) is 38.1 Å². The molecule has 190 valence electrons. The third-order valence-corrected chi connectivity index (χ3v) is 6.03. The van der Waals surface area contributed by atoms with Crippen LogP contribution < -0.4 is 20.8 Å².